The molecule has 3 aromatic rings. The van der Waals surface area contributed by atoms with Gasteiger partial charge in [0.05, 0.1) is 0 Å². The maximum absolute atomic E-state index is 11.9. The van der Waals surface area contributed by atoms with Crippen molar-refractivity contribution >= 4 is 46.1 Å². The van der Waals surface area contributed by atoms with Gasteiger partial charge in [0.1, 0.15) is 17.0 Å². The van der Waals surface area contributed by atoms with E-state index >= 15 is 0 Å². The van der Waals surface area contributed by atoms with Crippen molar-refractivity contribution in [2.75, 3.05) is 0 Å². The molecular formula is C16H9Cl2NO3. The molecule has 0 amide bonds. The van der Waals surface area contributed by atoms with Gasteiger partial charge in [-0.3, -0.25) is 0 Å². The molecule has 1 N–H and O–H groups in total. The summed E-state index contributed by atoms with van der Waals surface area (Å²) in [5.74, 6) is 0.0152. The lowest BCUT2D eigenvalue weighted by Gasteiger charge is -2.00. The maximum Gasteiger partial charge on any atom is 0.362 e. The van der Waals surface area contributed by atoms with Gasteiger partial charge in [0, 0.05) is 27.2 Å². The van der Waals surface area contributed by atoms with Crippen LogP contribution in [0.15, 0.2) is 56.7 Å². The SMILES string of the molecule is O=c1oc2ccc(Cl)cc2cc1N=Cc1cc(Cl)ccc1O. The Morgan fingerprint density at radius 2 is 1.77 bits per heavy atom. The molecular weight excluding hydrogens is 325 g/mol. The van der Waals surface area contributed by atoms with E-state index in [4.69, 9.17) is 27.6 Å². The van der Waals surface area contributed by atoms with E-state index in [1.807, 2.05) is 0 Å². The normalized spacial score (nSPS) is 11.4. The highest BCUT2D eigenvalue weighted by molar-refractivity contribution is 6.31. The summed E-state index contributed by atoms with van der Waals surface area (Å²) >= 11 is 11.8. The molecule has 4 nitrogen and oxygen atoms in total. The molecule has 0 bridgehead atoms. The van der Waals surface area contributed by atoms with Crippen molar-refractivity contribution in [3.63, 3.8) is 0 Å². The Morgan fingerprint density at radius 1 is 1.05 bits per heavy atom. The van der Waals surface area contributed by atoms with Crippen molar-refractivity contribution < 1.29 is 9.52 Å². The van der Waals surface area contributed by atoms with Gasteiger partial charge in [0.2, 0.25) is 0 Å². The van der Waals surface area contributed by atoms with Crippen LogP contribution in [0.5, 0.6) is 5.75 Å². The van der Waals surface area contributed by atoms with E-state index in [9.17, 15) is 9.90 Å². The number of hydrogen-bond donors (Lipinski definition) is 1. The lowest BCUT2D eigenvalue weighted by atomic mass is 10.2. The van der Waals surface area contributed by atoms with Crippen LogP contribution in [0, 0.1) is 0 Å². The van der Waals surface area contributed by atoms with Crippen LogP contribution in [0.3, 0.4) is 0 Å². The summed E-state index contributed by atoms with van der Waals surface area (Å²) in [5.41, 5.74) is 0.360. The largest absolute Gasteiger partial charge is 0.507 e. The van der Waals surface area contributed by atoms with Gasteiger partial charge >= 0.3 is 5.63 Å². The molecule has 0 radical (unpaired) electrons. The van der Waals surface area contributed by atoms with Crippen molar-refractivity contribution in [3.8, 4) is 5.75 Å². The molecule has 0 atom stereocenters. The Kier molecular flexibility index (Phi) is 3.88. The second-order valence-electron chi connectivity index (χ2n) is 4.56. The predicted molar refractivity (Wildman–Crippen MR) is 87.9 cm³/mol. The fourth-order valence-corrected chi connectivity index (χ4v) is 2.30. The first kappa shape index (κ1) is 14.6. The molecule has 2 aromatic carbocycles. The molecule has 3 rings (SSSR count). The van der Waals surface area contributed by atoms with Crippen molar-refractivity contribution in [1.29, 1.82) is 0 Å². The first-order valence-electron chi connectivity index (χ1n) is 6.29. The number of halogens is 2. The molecule has 0 unspecified atom stereocenters. The quantitative estimate of drug-likeness (QED) is 0.552. The zero-order chi connectivity index (χ0) is 15.7. The number of nitrogens with zero attached hydrogens (tertiary/aromatic N) is 1. The van der Waals surface area contributed by atoms with Crippen LogP contribution in [0.4, 0.5) is 5.69 Å². The van der Waals surface area contributed by atoms with Gasteiger partial charge in [-0.2, -0.15) is 0 Å². The number of benzene rings is 2. The van der Waals surface area contributed by atoms with Crippen LogP contribution < -0.4 is 5.63 Å². The lowest BCUT2D eigenvalue weighted by molar-refractivity contribution is 0.474. The van der Waals surface area contributed by atoms with Gasteiger partial charge in [-0.1, -0.05) is 23.2 Å². The van der Waals surface area contributed by atoms with Crippen LogP contribution in [-0.2, 0) is 0 Å². The summed E-state index contributed by atoms with van der Waals surface area (Å²) in [7, 11) is 0. The van der Waals surface area contributed by atoms with Crippen molar-refractivity contribution in [1.82, 2.24) is 0 Å². The molecule has 0 aliphatic heterocycles. The Morgan fingerprint density at radius 3 is 2.59 bits per heavy atom. The van der Waals surface area contributed by atoms with Crippen LogP contribution in [0.2, 0.25) is 10.0 Å². The van der Waals surface area contributed by atoms with Crippen LogP contribution in [0.1, 0.15) is 5.56 Å². The lowest BCUT2D eigenvalue weighted by Crippen LogP contribution is -1.98. The third-order valence-corrected chi connectivity index (χ3v) is 3.48. The maximum atomic E-state index is 11.9. The van der Waals surface area contributed by atoms with E-state index in [1.54, 1.807) is 36.4 Å². The van der Waals surface area contributed by atoms with Crippen molar-refractivity contribution in [3.05, 3.63) is 68.5 Å². The van der Waals surface area contributed by atoms with Gasteiger partial charge in [-0.25, -0.2) is 9.79 Å². The summed E-state index contributed by atoms with van der Waals surface area (Å²) in [6, 6.07) is 11.1. The number of rotatable bonds is 2. The average Bonchev–Trinajstić information content (AvgIpc) is 2.48. The number of phenols is 1. The van der Waals surface area contributed by atoms with Crippen molar-refractivity contribution in [2.45, 2.75) is 0 Å². The van der Waals surface area contributed by atoms with E-state index in [-0.39, 0.29) is 11.4 Å². The number of hydrogen-bond acceptors (Lipinski definition) is 4. The van der Waals surface area contributed by atoms with E-state index in [1.165, 1.54) is 12.3 Å². The van der Waals surface area contributed by atoms with Gasteiger partial charge in [-0.15, -0.1) is 0 Å². The minimum absolute atomic E-state index is 0.0152. The minimum atomic E-state index is -0.576. The zero-order valence-electron chi connectivity index (χ0n) is 11.1. The number of phenolic OH excluding ortho intramolecular Hbond substituents is 1. The first-order chi connectivity index (χ1) is 10.5. The smallest absolute Gasteiger partial charge is 0.362 e. The van der Waals surface area contributed by atoms with Crippen LogP contribution in [-0.4, -0.2) is 11.3 Å². The van der Waals surface area contributed by atoms with E-state index in [0.29, 0.717) is 26.6 Å². The Hall–Kier alpha value is -2.30. The first-order valence-corrected chi connectivity index (χ1v) is 7.04. The number of fused-ring (bicyclic) bond motifs is 1. The van der Waals surface area contributed by atoms with Gasteiger partial charge in [0.25, 0.3) is 0 Å². The van der Waals surface area contributed by atoms with E-state index in [2.05, 4.69) is 4.99 Å². The molecule has 22 heavy (non-hydrogen) atoms. The average molecular weight is 334 g/mol. The minimum Gasteiger partial charge on any atom is -0.507 e. The Bertz CT molecular complexity index is 948. The molecule has 0 fully saturated rings. The molecule has 0 spiro atoms. The van der Waals surface area contributed by atoms with Gasteiger partial charge in [-0.05, 0) is 42.5 Å². The number of aliphatic imine (C=N–C) groups is 1. The summed E-state index contributed by atoms with van der Waals surface area (Å²) in [4.78, 5) is 16.0. The molecule has 6 heteroatoms. The number of aromatic hydroxyl groups is 1. The predicted octanol–water partition coefficient (Wildman–Crippen LogP) is 4.56. The third kappa shape index (κ3) is 2.98. The monoisotopic (exact) mass is 333 g/mol. The second kappa shape index (κ2) is 5.83. The summed E-state index contributed by atoms with van der Waals surface area (Å²) in [6.45, 7) is 0. The molecule has 0 aliphatic carbocycles. The standard InChI is InChI=1S/C16H9Cl2NO3/c17-11-1-3-14(20)10(6-11)8-19-13-7-9-5-12(18)2-4-15(9)22-16(13)21/h1-8,20H. The highest BCUT2D eigenvalue weighted by Gasteiger charge is 2.05. The Balaban J connectivity index is 2.06. The van der Waals surface area contributed by atoms with Gasteiger partial charge in [0.15, 0.2) is 0 Å². The highest BCUT2D eigenvalue weighted by atomic mass is 35.5. The third-order valence-electron chi connectivity index (χ3n) is 3.01. The Labute approximate surface area is 135 Å². The van der Waals surface area contributed by atoms with Gasteiger partial charge < -0.3 is 9.52 Å². The van der Waals surface area contributed by atoms with E-state index < -0.39 is 5.63 Å². The fourth-order valence-electron chi connectivity index (χ4n) is 1.94. The molecule has 1 aromatic heterocycles. The summed E-state index contributed by atoms with van der Waals surface area (Å²) in [5, 5.41) is 11.4. The second-order valence-corrected chi connectivity index (χ2v) is 5.44. The van der Waals surface area contributed by atoms with E-state index in [0.717, 1.165) is 0 Å². The zero-order valence-corrected chi connectivity index (χ0v) is 12.6. The molecule has 0 saturated heterocycles. The molecule has 110 valence electrons. The molecule has 0 saturated carbocycles. The van der Waals surface area contributed by atoms with Crippen molar-refractivity contribution in [2.24, 2.45) is 4.99 Å². The fraction of sp³-hybridized carbons (Fsp3) is 0. The highest BCUT2D eigenvalue weighted by Crippen LogP contribution is 2.23. The van der Waals surface area contributed by atoms with Crippen LogP contribution >= 0.6 is 23.2 Å². The summed E-state index contributed by atoms with van der Waals surface area (Å²) in [6.07, 6.45) is 1.35. The van der Waals surface area contributed by atoms with Crippen LogP contribution in [0.25, 0.3) is 11.0 Å². The topological polar surface area (TPSA) is 62.8 Å². The molecule has 0 aliphatic rings. The summed E-state index contributed by atoms with van der Waals surface area (Å²) < 4.78 is 5.17. The molecule has 1 heterocycles.